The number of aliphatic hydroxyl groups is 1. The fraction of sp³-hybridized carbons (Fsp3) is 0.135. The lowest BCUT2D eigenvalue weighted by Crippen LogP contribution is -2.30. The monoisotopic (exact) mass is 556 g/mol. The van der Waals surface area contributed by atoms with Crippen LogP contribution in [0, 0.1) is 0 Å². The fourth-order valence-corrected chi connectivity index (χ4v) is 5.70. The number of fused-ring (bicyclic) bond motifs is 2. The molecule has 42 heavy (non-hydrogen) atoms. The summed E-state index contributed by atoms with van der Waals surface area (Å²) in [5.41, 5.74) is 2.12. The van der Waals surface area contributed by atoms with E-state index in [1.54, 1.807) is 14.2 Å². The molecule has 0 unspecified atom stereocenters. The molecule has 0 aliphatic heterocycles. The quantitative estimate of drug-likeness (QED) is 0.137. The van der Waals surface area contributed by atoms with E-state index in [1.165, 1.54) is 0 Å². The summed E-state index contributed by atoms with van der Waals surface area (Å²) in [5.74, 6) is 1.15. The van der Waals surface area contributed by atoms with Crippen LogP contribution in [0.25, 0.3) is 32.7 Å². The number of hydrogen-bond acceptors (Lipinski definition) is 5. The van der Waals surface area contributed by atoms with Crippen LogP contribution in [0.4, 0.5) is 0 Å². The molecule has 0 atom stereocenters. The minimum Gasteiger partial charge on any atom is -0.467 e. The van der Waals surface area contributed by atoms with E-state index in [2.05, 4.69) is 24.3 Å². The first-order chi connectivity index (χ1) is 20.7. The van der Waals surface area contributed by atoms with Gasteiger partial charge in [0.2, 0.25) is 0 Å². The van der Waals surface area contributed by atoms with Gasteiger partial charge in [0.25, 0.3) is 0 Å². The summed E-state index contributed by atoms with van der Waals surface area (Å²) in [5, 5.41) is 16.9. The van der Waals surface area contributed by atoms with Crippen LogP contribution in [0.1, 0.15) is 16.7 Å². The molecule has 0 heterocycles. The first-order valence-corrected chi connectivity index (χ1v) is 13.8. The van der Waals surface area contributed by atoms with Crippen molar-refractivity contribution in [2.24, 2.45) is 0 Å². The maximum absolute atomic E-state index is 13.0. The van der Waals surface area contributed by atoms with E-state index in [4.69, 9.17) is 18.9 Å². The minimum absolute atomic E-state index is 0.0168. The topological polar surface area (TPSA) is 57.2 Å². The van der Waals surface area contributed by atoms with Crippen molar-refractivity contribution in [3.8, 4) is 22.6 Å². The number of methoxy groups -OCH3 is 2. The Kier molecular flexibility index (Phi) is 7.89. The second-order valence-corrected chi connectivity index (χ2v) is 10.1. The highest BCUT2D eigenvalue weighted by Crippen LogP contribution is 2.51. The molecule has 0 radical (unpaired) electrons. The highest BCUT2D eigenvalue weighted by molar-refractivity contribution is 6.10. The van der Waals surface area contributed by atoms with Crippen LogP contribution in [-0.2, 0) is 15.1 Å². The van der Waals surface area contributed by atoms with E-state index >= 15 is 0 Å². The highest BCUT2D eigenvalue weighted by Gasteiger charge is 2.38. The van der Waals surface area contributed by atoms with Crippen molar-refractivity contribution in [1.29, 1.82) is 0 Å². The zero-order chi connectivity index (χ0) is 28.9. The Morgan fingerprint density at radius 3 is 1.69 bits per heavy atom. The molecule has 0 saturated heterocycles. The summed E-state index contributed by atoms with van der Waals surface area (Å²) in [4.78, 5) is 0. The number of hydrogen-bond donors (Lipinski definition) is 1. The van der Waals surface area contributed by atoms with Crippen molar-refractivity contribution >= 4 is 21.5 Å². The van der Waals surface area contributed by atoms with Gasteiger partial charge >= 0.3 is 0 Å². The first-order valence-electron chi connectivity index (χ1n) is 13.8. The lowest BCUT2D eigenvalue weighted by atomic mass is 9.77. The van der Waals surface area contributed by atoms with Crippen molar-refractivity contribution in [3.05, 3.63) is 144 Å². The molecule has 210 valence electrons. The molecule has 0 aliphatic rings. The van der Waals surface area contributed by atoms with Gasteiger partial charge in [0.05, 0.1) is 0 Å². The molecule has 5 nitrogen and oxygen atoms in total. The van der Waals surface area contributed by atoms with Gasteiger partial charge in [-0.05, 0) is 44.8 Å². The predicted molar refractivity (Wildman–Crippen MR) is 167 cm³/mol. The third-order valence-electron chi connectivity index (χ3n) is 7.57. The van der Waals surface area contributed by atoms with Crippen LogP contribution in [0.2, 0.25) is 0 Å². The molecule has 0 spiro atoms. The van der Waals surface area contributed by atoms with Gasteiger partial charge in [0, 0.05) is 30.9 Å². The van der Waals surface area contributed by atoms with Crippen LogP contribution in [-0.4, -0.2) is 32.9 Å². The van der Waals surface area contributed by atoms with Gasteiger partial charge in [-0.25, -0.2) is 0 Å². The summed E-state index contributed by atoms with van der Waals surface area (Å²) in [7, 11) is 3.19. The smallest absolute Gasteiger partial charge is 0.188 e. The summed E-state index contributed by atoms with van der Waals surface area (Å²) >= 11 is 0. The molecule has 6 aromatic carbocycles. The summed E-state index contributed by atoms with van der Waals surface area (Å²) < 4.78 is 23.5. The van der Waals surface area contributed by atoms with Crippen LogP contribution in [0.15, 0.2) is 127 Å². The molecule has 1 N–H and O–H groups in total. The Labute approximate surface area is 245 Å². The largest absolute Gasteiger partial charge is 0.467 e. The van der Waals surface area contributed by atoms with E-state index in [0.29, 0.717) is 28.2 Å². The second kappa shape index (κ2) is 12.0. The SMILES string of the molecule is COCOc1ccc2ccccc2c1-c1c(OCOC)c(C(O)(c2ccccc2)c2ccccc2)cc2ccccc12. The summed E-state index contributed by atoms with van der Waals surface area (Å²) in [6.07, 6.45) is 0. The second-order valence-electron chi connectivity index (χ2n) is 10.1. The van der Waals surface area contributed by atoms with Crippen molar-refractivity contribution in [2.75, 3.05) is 27.8 Å². The first kappa shape index (κ1) is 27.5. The van der Waals surface area contributed by atoms with Crippen molar-refractivity contribution in [2.45, 2.75) is 5.60 Å². The average Bonchev–Trinajstić information content (AvgIpc) is 3.06. The fourth-order valence-electron chi connectivity index (χ4n) is 5.70. The third-order valence-corrected chi connectivity index (χ3v) is 7.57. The summed E-state index contributed by atoms with van der Waals surface area (Å²) in [6, 6.07) is 41.7. The maximum atomic E-state index is 13.0. The predicted octanol–water partition coefficient (Wildman–Crippen LogP) is 7.91. The molecule has 0 aliphatic carbocycles. The van der Waals surface area contributed by atoms with Crippen molar-refractivity contribution < 1.29 is 24.1 Å². The Morgan fingerprint density at radius 2 is 1.07 bits per heavy atom. The third kappa shape index (κ3) is 4.88. The van der Waals surface area contributed by atoms with Crippen LogP contribution < -0.4 is 9.47 Å². The van der Waals surface area contributed by atoms with Gasteiger partial charge in [-0.15, -0.1) is 0 Å². The van der Waals surface area contributed by atoms with Gasteiger partial charge in [-0.1, -0.05) is 115 Å². The van der Waals surface area contributed by atoms with Crippen LogP contribution in [0.5, 0.6) is 11.5 Å². The Balaban J connectivity index is 1.79. The lowest BCUT2D eigenvalue weighted by Gasteiger charge is -2.33. The van der Waals surface area contributed by atoms with Crippen LogP contribution >= 0.6 is 0 Å². The summed E-state index contributed by atoms with van der Waals surface area (Å²) in [6.45, 7) is 0.0617. The molecule has 0 bridgehead atoms. The molecule has 0 fully saturated rings. The van der Waals surface area contributed by atoms with Gasteiger partial charge in [0.15, 0.2) is 13.6 Å². The Hall–Kier alpha value is -4.68. The number of rotatable bonds is 10. The van der Waals surface area contributed by atoms with Gasteiger partial charge in [-0.3, -0.25) is 0 Å². The van der Waals surface area contributed by atoms with E-state index in [1.807, 2.05) is 103 Å². The zero-order valence-electron chi connectivity index (χ0n) is 23.6. The standard InChI is InChI=1S/C37H32O5/c1-39-24-41-33-22-21-26-13-9-11-19-30(26)34(33)35-31-20-12-10-14-27(31)23-32(36(35)42-25-40-2)37(38,28-15-5-3-6-16-28)29-17-7-4-8-18-29/h3-23,38H,24-25H2,1-2H3. The Morgan fingerprint density at radius 1 is 0.548 bits per heavy atom. The van der Waals surface area contributed by atoms with E-state index in [0.717, 1.165) is 32.7 Å². The molecule has 0 amide bonds. The van der Waals surface area contributed by atoms with E-state index in [9.17, 15) is 5.11 Å². The lowest BCUT2D eigenvalue weighted by molar-refractivity contribution is 0.0457. The molecule has 0 aromatic heterocycles. The maximum Gasteiger partial charge on any atom is 0.188 e. The minimum atomic E-state index is -1.55. The van der Waals surface area contributed by atoms with Gasteiger partial charge in [0.1, 0.15) is 17.1 Å². The van der Waals surface area contributed by atoms with Crippen molar-refractivity contribution in [3.63, 3.8) is 0 Å². The Bertz CT molecular complexity index is 1780. The van der Waals surface area contributed by atoms with Crippen molar-refractivity contribution in [1.82, 2.24) is 0 Å². The molecule has 6 aromatic rings. The van der Waals surface area contributed by atoms with E-state index in [-0.39, 0.29) is 13.6 Å². The van der Waals surface area contributed by atoms with Gasteiger partial charge in [-0.2, -0.15) is 0 Å². The highest BCUT2D eigenvalue weighted by atomic mass is 16.7. The number of benzene rings is 6. The molecular weight excluding hydrogens is 524 g/mol. The van der Waals surface area contributed by atoms with Crippen LogP contribution in [0.3, 0.4) is 0 Å². The number of ether oxygens (including phenoxy) is 4. The molecular formula is C37H32O5. The van der Waals surface area contributed by atoms with E-state index < -0.39 is 5.60 Å². The van der Waals surface area contributed by atoms with Gasteiger partial charge < -0.3 is 24.1 Å². The normalized spacial score (nSPS) is 11.6. The average molecular weight is 557 g/mol. The molecule has 0 saturated carbocycles. The molecule has 6 rings (SSSR count). The zero-order valence-corrected chi connectivity index (χ0v) is 23.6. The molecule has 5 heteroatoms.